The number of ether oxygens (including phenoxy) is 1. The number of nitrogens with one attached hydrogen (secondary N) is 2. The van der Waals surface area contributed by atoms with Crippen molar-refractivity contribution >= 4 is 58.4 Å². The molecule has 3 heterocycles. The molecule has 0 spiro atoms. The Morgan fingerprint density at radius 3 is 2.42 bits per heavy atom. The number of nitrogens with zero attached hydrogens (tertiary/aromatic N) is 1. The van der Waals surface area contributed by atoms with Crippen LogP contribution in [-0.4, -0.2) is 57.0 Å². The highest BCUT2D eigenvalue weighted by Crippen LogP contribution is 2.51. The second kappa shape index (κ2) is 10.5. The Bertz CT molecular complexity index is 1240. The molecular weight excluding hydrogens is 506 g/mol. The molecular formula is C24H23N3O7S2. The molecule has 2 aliphatic heterocycles. The minimum atomic E-state index is -0.974. The minimum absolute atomic E-state index is 0.0196. The van der Waals surface area contributed by atoms with Crippen molar-refractivity contribution in [3.63, 3.8) is 0 Å². The van der Waals surface area contributed by atoms with Gasteiger partial charge in [0, 0.05) is 30.0 Å². The summed E-state index contributed by atoms with van der Waals surface area (Å²) in [4.78, 5) is 63.5. The van der Waals surface area contributed by atoms with Gasteiger partial charge < -0.3 is 20.5 Å². The lowest BCUT2D eigenvalue weighted by atomic mass is 9.93. The first-order chi connectivity index (χ1) is 17.2. The quantitative estimate of drug-likeness (QED) is 0.349. The summed E-state index contributed by atoms with van der Waals surface area (Å²) in [6, 6.07) is 10.00. The van der Waals surface area contributed by atoms with E-state index < -0.39 is 34.5 Å². The van der Waals surface area contributed by atoms with E-state index in [0.717, 1.165) is 4.88 Å². The van der Waals surface area contributed by atoms with Gasteiger partial charge in [-0.1, -0.05) is 18.2 Å². The Hall–Kier alpha value is -3.64. The summed E-state index contributed by atoms with van der Waals surface area (Å²) in [6.45, 7) is 2.29. The molecule has 1 fully saturated rings. The topological polar surface area (TPSA) is 142 Å². The van der Waals surface area contributed by atoms with Crippen LogP contribution in [0.2, 0.25) is 0 Å². The molecule has 1 aromatic heterocycles. The predicted molar refractivity (Wildman–Crippen MR) is 133 cm³/mol. The maximum Gasteiger partial charge on any atom is 0.307 e. The average Bonchev–Trinajstić information content (AvgIpc) is 3.32. The zero-order valence-corrected chi connectivity index (χ0v) is 21.0. The highest BCUT2D eigenvalue weighted by molar-refractivity contribution is 8.00. The van der Waals surface area contributed by atoms with Crippen LogP contribution in [0.4, 0.5) is 5.69 Å². The highest BCUT2D eigenvalue weighted by atomic mass is 32.2. The molecule has 0 radical (unpaired) electrons. The van der Waals surface area contributed by atoms with Crippen LogP contribution in [0.1, 0.15) is 30.2 Å². The van der Waals surface area contributed by atoms with Crippen molar-refractivity contribution in [3.05, 3.63) is 63.5 Å². The molecule has 0 bridgehead atoms. The van der Waals surface area contributed by atoms with Crippen LogP contribution in [0, 0.1) is 0 Å². The first-order valence-corrected chi connectivity index (χ1v) is 12.8. The summed E-state index contributed by atoms with van der Waals surface area (Å²) < 4.78 is 5.19. The number of amides is 3. The molecule has 188 valence electrons. The lowest BCUT2D eigenvalue weighted by Crippen LogP contribution is -2.62. The molecule has 4 rings (SSSR count). The molecule has 0 aliphatic carbocycles. The zero-order valence-electron chi connectivity index (χ0n) is 19.3. The van der Waals surface area contributed by atoms with Crippen LogP contribution in [-0.2, 0) is 35.1 Å². The SMILES string of the molecule is CC(=O)NC1S[C@@H]2[C@H](c3cccs3)C(=O)N2C(C(=O)Nc2ccc(CC(=O)O)cc2)=C1COC(C)=O. The van der Waals surface area contributed by atoms with Gasteiger partial charge >= 0.3 is 11.9 Å². The van der Waals surface area contributed by atoms with E-state index in [4.69, 9.17) is 9.84 Å². The maximum absolute atomic E-state index is 13.5. The number of fused-ring (bicyclic) bond motifs is 1. The van der Waals surface area contributed by atoms with Crippen LogP contribution in [0.3, 0.4) is 0 Å². The first kappa shape index (κ1) is 25.5. The van der Waals surface area contributed by atoms with Gasteiger partial charge in [-0.05, 0) is 29.1 Å². The molecule has 2 aromatic rings. The number of carbonyl (C=O) groups excluding carboxylic acids is 4. The van der Waals surface area contributed by atoms with E-state index in [2.05, 4.69) is 10.6 Å². The van der Waals surface area contributed by atoms with Crippen LogP contribution in [0.25, 0.3) is 0 Å². The number of carbonyl (C=O) groups is 5. The van der Waals surface area contributed by atoms with Gasteiger partial charge in [0.25, 0.3) is 5.91 Å². The number of thiophene rings is 1. The zero-order chi connectivity index (χ0) is 26.0. The molecule has 3 atom stereocenters. The Balaban J connectivity index is 1.69. The highest BCUT2D eigenvalue weighted by Gasteiger charge is 2.56. The van der Waals surface area contributed by atoms with E-state index in [1.54, 1.807) is 24.3 Å². The Morgan fingerprint density at radius 2 is 1.83 bits per heavy atom. The van der Waals surface area contributed by atoms with Crippen molar-refractivity contribution in [2.75, 3.05) is 11.9 Å². The Morgan fingerprint density at radius 1 is 1.11 bits per heavy atom. The first-order valence-electron chi connectivity index (χ1n) is 10.9. The molecule has 0 saturated carbocycles. The number of carboxylic acid groups (broad SMARTS) is 1. The average molecular weight is 530 g/mol. The van der Waals surface area contributed by atoms with Crippen LogP contribution in [0.15, 0.2) is 53.0 Å². The lowest BCUT2D eigenvalue weighted by Gasteiger charge is -2.51. The predicted octanol–water partition coefficient (Wildman–Crippen LogP) is 2.29. The van der Waals surface area contributed by atoms with Crippen molar-refractivity contribution in [1.29, 1.82) is 0 Å². The third-order valence-corrected chi connectivity index (χ3v) is 7.97. The van der Waals surface area contributed by atoms with Gasteiger partial charge in [0.15, 0.2) is 0 Å². The van der Waals surface area contributed by atoms with E-state index in [1.165, 1.54) is 41.8 Å². The number of aliphatic carboxylic acids is 1. The van der Waals surface area contributed by atoms with Gasteiger partial charge in [-0.25, -0.2) is 0 Å². The lowest BCUT2D eigenvalue weighted by molar-refractivity contribution is -0.144. The van der Waals surface area contributed by atoms with Gasteiger partial charge in [0.05, 0.1) is 6.42 Å². The second-order valence-corrected chi connectivity index (χ2v) is 10.4. The van der Waals surface area contributed by atoms with E-state index in [9.17, 15) is 24.0 Å². The number of β-lactam (4-membered cyclic amide) rings is 1. The largest absolute Gasteiger partial charge is 0.481 e. The van der Waals surface area contributed by atoms with Crippen LogP contribution >= 0.6 is 23.1 Å². The van der Waals surface area contributed by atoms with Crippen LogP contribution < -0.4 is 10.6 Å². The number of thioether (sulfide) groups is 1. The maximum atomic E-state index is 13.5. The van der Waals surface area contributed by atoms with Crippen molar-refractivity contribution in [3.8, 4) is 0 Å². The smallest absolute Gasteiger partial charge is 0.307 e. The molecule has 3 N–H and O–H groups in total. The molecule has 3 amide bonds. The molecule has 36 heavy (non-hydrogen) atoms. The normalized spacial score (nSPS) is 20.8. The molecule has 10 nitrogen and oxygen atoms in total. The molecule has 1 saturated heterocycles. The summed E-state index contributed by atoms with van der Waals surface area (Å²) in [5.74, 6) is -3.23. The molecule has 2 aliphatic rings. The number of anilines is 1. The second-order valence-electron chi connectivity index (χ2n) is 8.18. The van der Waals surface area contributed by atoms with Crippen molar-refractivity contribution in [2.45, 2.75) is 36.9 Å². The summed E-state index contributed by atoms with van der Waals surface area (Å²) in [5.41, 5.74) is 1.26. The van der Waals surface area contributed by atoms with E-state index in [1.807, 2.05) is 17.5 Å². The van der Waals surface area contributed by atoms with Gasteiger partial charge in [-0.2, -0.15) is 0 Å². The van der Waals surface area contributed by atoms with Crippen LogP contribution in [0.5, 0.6) is 0 Å². The number of benzene rings is 1. The summed E-state index contributed by atoms with van der Waals surface area (Å²) in [6.07, 6.45) is -0.157. The number of hydrogen-bond donors (Lipinski definition) is 3. The van der Waals surface area contributed by atoms with Crippen molar-refractivity contribution in [1.82, 2.24) is 10.2 Å². The van der Waals surface area contributed by atoms with Gasteiger partial charge in [0.1, 0.15) is 29.0 Å². The minimum Gasteiger partial charge on any atom is -0.481 e. The number of esters is 1. The molecule has 1 aromatic carbocycles. The third-order valence-electron chi connectivity index (χ3n) is 5.58. The number of hydrogen-bond acceptors (Lipinski definition) is 8. The summed E-state index contributed by atoms with van der Waals surface area (Å²) in [7, 11) is 0. The van der Waals surface area contributed by atoms with E-state index in [0.29, 0.717) is 16.8 Å². The van der Waals surface area contributed by atoms with E-state index in [-0.39, 0.29) is 30.5 Å². The third kappa shape index (κ3) is 5.29. The van der Waals surface area contributed by atoms with Crippen molar-refractivity contribution < 1.29 is 33.8 Å². The fraction of sp³-hybridized carbons (Fsp3) is 0.292. The Labute approximate surface area is 214 Å². The summed E-state index contributed by atoms with van der Waals surface area (Å²) >= 11 is 2.75. The standard InChI is InChI=1S/C24H23N3O7S2/c1-12(28)25-22-16(11-34-13(2)29)20(21(32)26-15-7-5-14(6-8-15)10-18(30)31)27-23(33)19(24(27)36-22)17-4-3-9-35-17/h3-9,19,22,24H,10-11H2,1-2H3,(H,25,28)(H,26,32)(H,30,31)/t19-,22?,24-/m1/s1. The van der Waals surface area contributed by atoms with Gasteiger partial charge in [0.2, 0.25) is 11.8 Å². The number of carboxylic acids is 1. The number of rotatable bonds is 8. The molecule has 1 unspecified atom stereocenters. The molecule has 12 heteroatoms. The fourth-order valence-corrected chi connectivity index (χ4v) is 6.57. The van der Waals surface area contributed by atoms with E-state index >= 15 is 0 Å². The van der Waals surface area contributed by atoms with Gasteiger partial charge in [-0.3, -0.25) is 28.9 Å². The van der Waals surface area contributed by atoms with Crippen molar-refractivity contribution in [2.24, 2.45) is 0 Å². The fourth-order valence-electron chi connectivity index (χ4n) is 4.03. The summed E-state index contributed by atoms with van der Waals surface area (Å²) in [5, 5.41) is 15.2. The monoisotopic (exact) mass is 529 g/mol. The Kier molecular flexibility index (Phi) is 7.45. The van der Waals surface area contributed by atoms with Gasteiger partial charge in [-0.15, -0.1) is 23.1 Å².